The summed E-state index contributed by atoms with van der Waals surface area (Å²) < 4.78 is 4.75. The van der Waals surface area contributed by atoms with Crippen molar-refractivity contribution in [3.8, 4) is 0 Å². The Morgan fingerprint density at radius 1 is 1.90 bits per heavy atom. The van der Waals surface area contributed by atoms with E-state index in [0.717, 1.165) is 0 Å². The van der Waals surface area contributed by atoms with E-state index in [4.69, 9.17) is 4.74 Å². The Kier molecular flexibility index (Phi) is 1.85. The van der Waals surface area contributed by atoms with E-state index in [1.807, 2.05) is 6.92 Å². The van der Waals surface area contributed by atoms with Gasteiger partial charge in [-0.05, 0) is 12.5 Å². The van der Waals surface area contributed by atoms with Crippen molar-refractivity contribution in [2.75, 3.05) is 0 Å². The number of cyclic esters (lactones) is 1. The number of hydrogen-bond donors (Lipinski definition) is 0. The fraction of sp³-hybridized carbons (Fsp3) is 0.429. The zero-order chi connectivity index (χ0) is 7.56. The molecule has 1 heterocycles. The predicted octanol–water partition coefficient (Wildman–Crippen LogP) is 0.906. The highest BCUT2D eigenvalue weighted by atomic mass is 16.6. The summed E-state index contributed by atoms with van der Waals surface area (Å²) in [6.45, 7) is 5.33. The number of carbonyl (C=O) groups excluding carboxylic acids is 1. The molecule has 1 rings (SSSR count). The first-order chi connectivity index (χ1) is 4.77. The summed E-state index contributed by atoms with van der Waals surface area (Å²) in [6.07, 6.45) is 1.69. The van der Waals surface area contributed by atoms with E-state index in [1.54, 1.807) is 0 Å². The summed E-state index contributed by atoms with van der Waals surface area (Å²) in [6, 6.07) is 0. The second-order valence-electron chi connectivity index (χ2n) is 1.96. The van der Waals surface area contributed by atoms with Gasteiger partial charge in [-0.3, -0.25) is 0 Å². The topological polar surface area (TPSA) is 38.7 Å². The maximum absolute atomic E-state index is 10.8. The molecule has 3 nitrogen and oxygen atoms in total. The average molecular weight is 139 g/mol. The molecule has 10 heavy (non-hydrogen) atoms. The van der Waals surface area contributed by atoms with E-state index in [1.165, 1.54) is 6.08 Å². The normalized spacial score (nSPS) is 23.9. The fourth-order valence-corrected chi connectivity index (χ4v) is 0.747. The Labute approximate surface area is 59.4 Å². The maximum atomic E-state index is 10.8. The highest BCUT2D eigenvalue weighted by molar-refractivity contribution is 6.37. The molecule has 0 aromatic rings. The quantitative estimate of drug-likeness (QED) is 0.421. The van der Waals surface area contributed by atoms with Crippen molar-refractivity contribution in [3.63, 3.8) is 0 Å². The van der Waals surface area contributed by atoms with Crippen LogP contribution in [0.3, 0.4) is 0 Å². The molecule has 0 bridgehead atoms. The van der Waals surface area contributed by atoms with E-state index in [9.17, 15) is 4.79 Å². The lowest BCUT2D eigenvalue weighted by molar-refractivity contribution is -0.135. The Morgan fingerprint density at radius 3 is 2.90 bits per heavy atom. The molecule has 0 fully saturated rings. The monoisotopic (exact) mass is 139 g/mol. The van der Waals surface area contributed by atoms with Gasteiger partial charge in [-0.15, -0.1) is 0 Å². The van der Waals surface area contributed by atoms with Crippen LogP contribution in [0.4, 0.5) is 0 Å². The number of ether oxygens (including phenoxy) is 1. The summed E-state index contributed by atoms with van der Waals surface area (Å²) in [4.78, 5) is 14.7. The first-order valence-corrected chi connectivity index (χ1v) is 3.18. The third-order valence-electron chi connectivity index (χ3n) is 1.28. The number of esters is 1. The molecule has 1 aliphatic rings. The number of rotatable bonds is 2. The second-order valence-corrected chi connectivity index (χ2v) is 1.96. The van der Waals surface area contributed by atoms with Gasteiger partial charge in [-0.1, -0.05) is 13.5 Å². The molecular weight excluding hydrogens is 130 g/mol. The van der Waals surface area contributed by atoms with Crippen LogP contribution in [0.25, 0.3) is 0 Å². The first-order valence-electron chi connectivity index (χ1n) is 3.18. The molecule has 1 aliphatic heterocycles. The lowest BCUT2D eigenvalue weighted by Gasteiger charge is -1.96. The lowest BCUT2D eigenvalue weighted by Crippen LogP contribution is -2.09. The summed E-state index contributed by atoms with van der Waals surface area (Å²) in [7, 11) is 0. The minimum Gasteiger partial charge on any atom is -0.432 e. The molecule has 0 aromatic heterocycles. The van der Waals surface area contributed by atoms with Crippen molar-refractivity contribution < 1.29 is 9.53 Å². The van der Waals surface area contributed by atoms with Crippen LogP contribution >= 0.6 is 0 Å². The van der Waals surface area contributed by atoms with Crippen molar-refractivity contribution in [2.45, 2.75) is 19.6 Å². The largest absolute Gasteiger partial charge is 0.432 e. The molecule has 0 spiro atoms. The zero-order valence-corrected chi connectivity index (χ0v) is 5.83. The summed E-state index contributed by atoms with van der Waals surface area (Å²) in [5, 5.41) is 0. The Bertz CT molecular complexity index is 196. The molecule has 0 aromatic carbocycles. The molecule has 0 saturated carbocycles. The third-order valence-corrected chi connectivity index (χ3v) is 1.28. The van der Waals surface area contributed by atoms with Crippen molar-refractivity contribution in [1.82, 2.24) is 0 Å². The van der Waals surface area contributed by atoms with E-state index >= 15 is 0 Å². The smallest absolute Gasteiger partial charge is 0.354 e. The van der Waals surface area contributed by atoms with Gasteiger partial charge in [0.1, 0.15) is 5.71 Å². The van der Waals surface area contributed by atoms with E-state index in [0.29, 0.717) is 12.1 Å². The number of carbonyl (C=O) groups is 1. The highest BCUT2D eigenvalue weighted by Gasteiger charge is 2.22. The van der Waals surface area contributed by atoms with Gasteiger partial charge in [0, 0.05) is 0 Å². The number of hydrogen-bond acceptors (Lipinski definition) is 3. The van der Waals surface area contributed by atoms with Crippen LogP contribution in [0, 0.1) is 0 Å². The molecular formula is C7H9NO2. The minimum atomic E-state index is -0.442. The average Bonchev–Trinajstić information content (AvgIpc) is 2.30. The molecule has 0 amide bonds. The molecule has 0 N–H and O–H groups in total. The van der Waals surface area contributed by atoms with E-state index in [2.05, 4.69) is 11.6 Å². The predicted molar refractivity (Wildman–Crippen MR) is 37.8 cm³/mol. The standard InChI is InChI=1S/C7H9NO2/c1-3-5-7(9)10-6(4-2)8-5/h4,6H,2-3H2,1H3. The van der Waals surface area contributed by atoms with Crippen molar-refractivity contribution in [2.24, 2.45) is 4.99 Å². The molecule has 3 heteroatoms. The van der Waals surface area contributed by atoms with Gasteiger partial charge >= 0.3 is 5.97 Å². The molecule has 0 saturated heterocycles. The van der Waals surface area contributed by atoms with Crippen LogP contribution in [0.15, 0.2) is 17.6 Å². The first kappa shape index (κ1) is 6.99. The maximum Gasteiger partial charge on any atom is 0.354 e. The van der Waals surface area contributed by atoms with Gasteiger partial charge in [-0.25, -0.2) is 9.79 Å². The highest BCUT2D eigenvalue weighted by Crippen LogP contribution is 2.08. The number of aliphatic imine (C=N–C) groups is 1. The van der Waals surface area contributed by atoms with E-state index in [-0.39, 0.29) is 5.97 Å². The van der Waals surface area contributed by atoms with Gasteiger partial charge in [0.15, 0.2) is 0 Å². The van der Waals surface area contributed by atoms with Crippen LogP contribution in [-0.4, -0.2) is 17.9 Å². The Balaban J connectivity index is 2.71. The SMILES string of the molecule is C=CC1N=C(CC)C(=O)O1. The minimum absolute atomic E-state index is 0.313. The Hall–Kier alpha value is -1.12. The fourth-order valence-electron chi connectivity index (χ4n) is 0.747. The van der Waals surface area contributed by atoms with Gasteiger partial charge in [-0.2, -0.15) is 0 Å². The summed E-state index contributed by atoms with van der Waals surface area (Å²) >= 11 is 0. The lowest BCUT2D eigenvalue weighted by atomic mass is 10.3. The van der Waals surface area contributed by atoms with Crippen LogP contribution in [0.5, 0.6) is 0 Å². The van der Waals surface area contributed by atoms with Crippen LogP contribution in [0.2, 0.25) is 0 Å². The molecule has 1 atom stereocenters. The van der Waals surface area contributed by atoms with Gasteiger partial charge < -0.3 is 4.74 Å². The summed E-state index contributed by atoms with van der Waals surface area (Å²) in [5.74, 6) is -0.313. The Morgan fingerprint density at radius 2 is 2.60 bits per heavy atom. The van der Waals surface area contributed by atoms with Crippen molar-refractivity contribution in [1.29, 1.82) is 0 Å². The molecule has 1 unspecified atom stereocenters. The van der Waals surface area contributed by atoms with Crippen molar-refractivity contribution in [3.05, 3.63) is 12.7 Å². The third kappa shape index (κ3) is 1.07. The molecule has 54 valence electrons. The van der Waals surface area contributed by atoms with Gasteiger partial charge in [0.05, 0.1) is 0 Å². The second kappa shape index (κ2) is 2.64. The zero-order valence-electron chi connectivity index (χ0n) is 5.83. The van der Waals surface area contributed by atoms with Crippen LogP contribution < -0.4 is 0 Å². The van der Waals surface area contributed by atoms with Gasteiger partial charge in [0.25, 0.3) is 0 Å². The molecule has 0 aliphatic carbocycles. The van der Waals surface area contributed by atoms with Crippen LogP contribution in [0.1, 0.15) is 13.3 Å². The van der Waals surface area contributed by atoms with Crippen molar-refractivity contribution >= 4 is 11.7 Å². The van der Waals surface area contributed by atoms with Crippen LogP contribution in [-0.2, 0) is 9.53 Å². The summed E-state index contributed by atoms with van der Waals surface area (Å²) in [5.41, 5.74) is 0.505. The number of nitrogens with zero attached hydrogens (tertiary/aromatic N) is 1. The van der Waals surface area contributed by atoms with Gasteiger partial charge in [0.2, 0.25) is 6.23 Å². The molecule has 0 radical (unpaired) electrons. The van der Waals surface area contributed by atoms with E-state index < -0.39 is 6.23 Å².